The zero-order valence-electron chi connectivity index (χ0n) is 17.5. The van der Waals surface area contributed by atoms with E-state index < -0.39 is 0 Å². The summed E-state index contributed by atoms with van der Waals surface area (Å²) in [6.45, 7) is 13.1. The van der Waals surface area contributed by atoms with Gasteiger partial charge in [0.1, 0.15) is 0 Å². The summed E-state index contributed by atoms with van der Waals surface area (Å²) in [7, 11) is 0. The van der Waals surface area contributed by atoms with Gasteiger partial charge >= 0.3 is 41.3 Å². The number of rotatable bonds is 0. The van der Waals surface area contributed by atoms with Gasteiger partial charge < -0.3 is 0 Å². The molecule has 0 amide bonds. The van der Waals surface area contributed by atoms with Crippen LogP contribution in [0.4, 0.5) is 0 Å². The van der Waals surface area contributed by atoms with E-state index in [1.165, 1.54) is 36.6 Å². The predicted octanol–water partition coefficient (Wildman–Crippen LogP) is 6.81. The fraction of sp³-hybridized carbons (Fsp3) is 0.308. The van der Waals surface area contributed by atoms with Crippen LogP contribution in [0.25, 0.3) is 11.1 Å². The maximum atomic E-state index is 3.30. The fourth-order valence-electron chi connectivity index (χ4n) is 3.03. The van der Waals surface area contributed by atoms with Gasteiger partial charge in [0.2, 0.25) is 0 Å². The first-order valence-electron chi connectivity index (χ1n) is 9.52. The Bertz CT molecular complexity index is 843. The zero-order valence-corrected chi connectivity index (χ0v) is 19.9. The van der Waals surface area contributed by atoms with Gasteiger partial charge in [-0.15, -0.1) is 5.56 Å². The van der Waals surface area contributed by atoms with E-state index in [2.05, 4.69) is 102 Å². The zero-order chi connectivity index (χ0) is 20.0. The van der Waals surface area contributed by atoms with Crippen molar-refractivity contribution in [3.8, 4) is 11.1 Å². The molecule has 0 aromatic heterocycles. The maximum absolute atomic E-state index is 3.30. The van der Waals surface area contributed by atoms with Crippen molar-refractivity contribution in [1.29, 1.82) is 0 Å². The van der Waals surface area contributed by atoms with E-state index >= 15 is 0 Å². The van der Waals surface area contributed by atoms with Gasteiger partial charge in [0.15, 0.2) is 0 Å². The van der Waals surface area contributed by atoms with Crippen LogP contribution in [0.5, 0.6) is 0 Å². The second kappa shape index (κ2) is 9.65. The third kappa shape index (κ3) is 6.58. The molecule has 4 rings (SSSR count). The van der Waals surface area contributed by atoms with Crippen LogP contribution in [0.3, 0.4) is 0 Å². The summed E-state index contributed by atoms with van der Waals surface area (Å²) in [5, 5.41) is 0. The molecule has 1 aliphatic rings. The summed E-state index contributed by atoms with van der Waals surface area (Å²) in [6, 6.07) is 24.7. The summed E-state index contributed by atoms with van der Waals surface area (Å²) < 4.78 is 1.51. The summed E-state index contributed by atoms with van der Waals surface area (Å²) in [5.41, 5.74) is 8.62. The molecule has 0 spiro atoms. The van der Waals surface area contributed by atoms with Crippen molar-refractivity contribution < 1.29 is 24.2 Å². The monoisotopic (exact) mass is 432 g/mol. The molecule has 1 heteroatoms. The van der Waals surface area contributed by atoms with Crippen LogP contribution in [-0.4, -0.2) is 3.21 Å². The largest absolute Gasteiger partial charge is 0.207 e. The Morgan fingerprint density at radius 1 is 1.04 bits per heavy atom. The third-order valence-corrected chi connectivity index (χ3v) is 4.39. The predicted molar refractivity (Wildman–Crippen MR) is 115 cm³/mol. The Kier molecular flexibility index (Phi) is 7.81. The summed E-state index contributed by atoms with van der Waals surface area (Å²) in [4.78, 5) is 0. The van der Waals surface area contributed by atoms with Crippen molar-refractivity contribution in [3.05, 3.63) is 89.0 Å². The first-order chi connectivity index (χ1) is 12.7. The van der Waals surface area contributed by atoms with Crippen LogP contribution in [0.1, 0.15) is 56.9 Å². The molecular formula is C26H30Zr. The summed E-state index contributed by atoms with van der Waals surface area (Å²) >= 11 is 1.55. The Hall–Kier alpha value is -1.46. The molecule has 0 fully saturated rings. The SMILES string of the molecule is C[C](C)=[Zr+2].Cc1cc(C(C)(C)C)c[cH-]1.[c-]1cccc2c1Cc1ccccc1-2. The van der Waals surface area contributed by atoms with Gasteiger partial charge in [-0.25, -0.2) is 6.07 Å². The molecule has 0 bridgehead atoms. The van der Waals surface area contributed by atoms with Gasteiger partial charge in [-0.1, -0.05) is 68.5 Å². The van der Waals surface area contributed by atoms with E-state index in [1.807, 2.05) is 6.07 Å². The van der Waals surface area contributed by atoms with Gasteiger partial charge in [-0.3, -0.25) is 0 Å². The van der Waals surface area contributed by atoms with E-state index in [1.54, 1.807) is 24.2 Å². The third-order valence-electron chi connectivity index (χ3n) is 4.39. The molecule has 0 nitrogen and oxygen atoms in total. The quantitative estimate of drug-likeness (QED) is 0.267. The number of fused-ring (bicyclic) bond motifs is 3. The number of aryl methyl sites for hydroxylation is 1. The van der Waals surface area contributed by atoms with Gasteiger partial charge in [-0.05, 0) is 6.42 Å². The molecule has 0 aliphatic heterocycles. The average Bonchev–Trinajstić information content (AvgIpc) is 3.18. The van der Waals surface area contributed by atoms with Crippen LogP contribution in [0.15, 0.2) is 60.7 Å². The smallest absolute Gasteiger partial charge is 0.0253 e. The summed E-state index contributed by atoms with van der Waals surface area (Å²) in [5.74, 6) is 0. The van der Waals surface area contributed by atoms with Crippen molar-refractivity contribution in [2.45, 2.75) is 53.4 Å². The Labute approximate surface area is 180 Å². The molecule has 0 N–H and O–H groups in total. The molecule has 138 valence electrons. The molecule has 0 atom stereocenters. The van der Waals surface area contributed by atoms with E-state index in [9.17, 15) is 0 Å². The van der Waals surface area contributed by atoms with Gasteiger partial charge in [0, 0.05) is 0 Å². The first kappa shape index (κ1) is 21.8. The molecule has 3 aromatic carbocycles. The standard InChI is InChI=1S/C13H9.C10H15.C3H6.Zr/c1-3-7-12-10(5-1)9-11-6-2-4-8-13(11)12;1-8-5-6-9(7-8)10(2,3)4;1-3-2;/h1-5,7-8H,9H2;5-7H,1-4H3;1-2H3;/q2*-1;;+2. The van der Waals surface area contributed by atoms with Gasteiger partial charge in [-0.2, -0.15) is 53.1 Å². The Morgan fingerprint density at radius 3 is 2.22 bits per heavy atom. The minimum Gasteiger partial charge on any atom is -0.207 e. The number of hydrogen-bond donors (Lipinski definition) is 0. The Morgan fingerprint density at radius 2 is 1.67 bits per heavy atom. The summed E-state index contributed by atoms with van der Waals surface area (Å²) in [6.07, 6.45) is 1.05. The van der Waals surface area contributed by atoms with E-state index in [4.69, 9.17) is 0 Å². The average molecular weight is 434 g/mol. The molecular weight excluding hydrogens is 404 g/mol. The topological polar surface area (TPSA) is 0 Å². The van der Waals surface area contributed by atoms with Gasteiger partial charge in [0.05, 0.1) is 0 Å². The van der Waals surface area contributed by atoms with Crippen molar-refractivity contribution >= 4 is 3.21 Å². The molecule has 27 heavy (non-hydrogen) atoms. The van der Waals surface area contributed by atoms with Crippen molar-refractivity contribution in [2.24, 2.45) is 0 Å². The first-order valence-corrected chi connectivity index (χ1v) is 10.7. The molecule has 0 unspecified atom stereocenters. The molecule has 0 heterocycles. The Balaban J connectivity index is 0.000000167. The van der Waals surface area contributed by atoms with Crippen LogP contribution in [0.2, 0.25) is 0 Å². The van der Waals surface area contributed by atoms with Crippen LogP contribution < -0.4 is 0 Å². The van der Waals surface area contributed by atoms with E-state index in [0.29, 0.717) is 5.41 Å². The number of benzene rings is 2. The second-order valence-corrected chi connectivity index (χ2v) is 10.8. The minimum atomic E-state index is 0.314. The van der Waals surface area contributed by atoms with E-state index in [0.717, 1.165) is 6.42 Å². The van der Waals surface area contributed by atoms with E-state index in [-0.39, 0.29) is 0 Å². The minimum absolute atomic E-state index is 0.314. The molecule has 0 saturated heterocycles. The molecule has 3 aromatic rings. The number of hydrogen-bond acceptors (Lipinski definition) is 0. The van der Waals surface area contributed by atoms with Crippen LogP contribution in [-0.2, 0) is 36.1 Å². The van der Waals surface area contributed by atoms with Crippen LogP contribution >= 0.6 is 0 Å². The molecule has 0 saturated carbocycles. The normalized spacial score (nSPS) is 11.4. The van der Waals surface area contributed by atoms with Crippen molar-refractivity contribution in [3.63, 3.8) is 0 Å². The fourth-order valence-corrected chi connectivity index (χ4v) is 3.03. The van der Waals surface area contributed by atoms with Crippen molar-refractivity contribution in [2.75, 3.05) is 0 Å². The second-order valence-electron chi connectivity index (χ2n) is 8.32. The maximum Gasteiger partial charge on any atom is -0.0253 e. The molecule has 1 aliphatic carbocycles. The van der Waals surface area contributed by atoms with Crippen molar-refractivity contribution in [1.82, 2.24) is 0 Å². The van der Waals surface area contributed by atoms with Gasteiger partial charge in [0.25, 0.3) is 0 Å². The van der Waals surface area contributed by atoms with Crippen LogP contribution in [0, 0.1) is 13.0 Å². The molecule has 0 radical (unpaired) electrons.